The van der Waals surface area contributed by atoms with Crippen molar-refractivity contribution < 1.29 is 0 Å². The molecule has 18 heavy (non-hydrogen) atoms. The van der Waals surface area contributed by atoms with E-state index in [9.17, 15) is 0 Å². The normalized spacial score (nSPS) is 11.2. The van der Waals surface area contributed by atoms with Gasteiger partial charge < -0.3 is 10.7 Å². The molecule has 0 aliphatic carbocycles. The second-order valence-corrected chi connectivity index (χ2v) is 4.12. The number of nitrogens with zero attached hydrogens (tertiary/aromatic N) is 5. The molecule has 7 nitrogen and oxygen atoms in total. The number of pyridine rings is 1. The zero-order valence-electron chi connectivity index (χ0n) is 9.96. The first-order valence-corrected chi connectivity index (χ1v) is 5.66. The molecule has 3 rings (SSSR count). The summed E-state index contributed by atoms with van der Waals surface area (Å²) in [7, 11) is 0. The largest absolute Gasteiger partial charge is 0.339 e. The lowest BCUT2D eigenvalue weighted by atomic mass is 10.4. The number of imidazole rings is 1. The highest BCUT2D eigenvalue weighted by atomic mass is 15.4. The molecule has 0 saturated heterocycles. The van der Waals surface area contributed by atoms with E-state index in [2.05, 4.69) is 25.3 Å². The Morgan fingerprint density at radius 3 is 3.00 bits per heavy atom. The van der Waals surface area contributed by atoms with Crippen LogP contribution in [-0.4, -0.2) is 29.9 Å². The monoisotopic (exact) mass is 243 g/mol. The molecule has 0 bridgehead atoms. The molecule has 0 atom stereocenters. The lowest BCUT2D eigenvalue weighted by Gasteiger charge is -1.94. The van der Waals surface area contributed by atoms with Crippen LogP contribution in [0.3, 0.4) is 0 Å². The molecule has 0 aliphatic heterocycles. The highest BCUT2D eigenvalue weighted by molar-refractivity contribution is 5.70. The van der Waals surface area contributed by atoms with E-state index in [1.54, 1.807) is 4.68 Å². The summed E-state index contributed by atoms with van der Waals surface area (Å²) < 4.78 is 1.70. The number of aryl methyl sites for hydroxylation is 1. The van der Waals surface area contributed by atoms with E-state index in [1.807, 2.05) is 25.3 Å². The van der Waals surface area contributed by atoms with Gasteiger partial charge in [-0.15, -0.1) is 5.10 Å². The minimum Gasteiger partial charge on any atom is -0.339 e. The average Bonchev–Trinajstić information content (AvgIpc) is 2.95. The number of aromatic nitrogens is 6. The Morgan fingerprint density at radius 2 is 2.22 bits per heavy atom. The van der Waals surface area contributed by atoms with Gasteiger partial charge in [-0.1, -0.05) is 5.21 Å². The van der Waals surface area contributed by atoms with Gasteiger partial charge in [0.1, 0.15) is 12.4 Å². The summed E-state index contributed by atoms with van der Waals surface area (Å²) in [5.41, 5.74) is 8.85. The fourth-order valence-electron chi connectivity index (χ4n) is 1.77. The van der Waals surface area contributed by atoms with Gasteiger partial charge in [0.2, 0.25) is 0 Å². The Hall–Kier alpha value is -2.28. The van der Waals surface area contributed by atoms with Crippen LogP contribution >= 0.6 is 0 Å². The number of fused-ring (bicyclic) bond motifs is 1. The second-order valence-electron chi connectivity index (χ2n) is 4.12. The fourth-order valence-corrected chi connectivity index (χ4v) is 1.77. The van der Waals surface area contributed by atoms with Crippen molar-refractivity contribution in [1.82, 2.24) is 29.9 Å². The molecule has 0 saturated carbocycles. The van der Waals surface area contributed by atoms with Gasteiger partial charge in [-0.2, -0.15) is 0 Å². The molecule has 0 spiro atoms. The van der Waals surface area contributed by atoms with Gasteiger partial charge in [0, 0.05) is 12.2 Å². The Bertz CT molecular complexity index is 682. The van der Waals surface area contributed by atoms with E-state index < -0.39 is 0 Å². The van der Waals surface area contributed by atoms with Crippen LogP contribution in [0.15, 0.2) is 18.3 Å². The van der Waals surface area contributed by atoms with E-state index in [4.69, 9.17) is 5.73 Å². The zero-order valence-corrected chi connectivity index (χ0v) is 9.96. The van der Waals surface area contributed by atoms with Gasteiger partial charge in [0.15, 0.2) is 5.65 Å². The molecular formula is C11H13N7. The lowest BCUT2D eigenvalue weighted by molar-refractivity contribution is 0.630. The van der Waals surface area contributed by atoms with Crippen molar-refractivity contribution in [3.05, 3.63) is 35.5 Å². The first-order valence-electron chi connectivity index (χ1n) is 5.66. The summed E-state index contributed by atoms with van der Waals surface area (Å²) in [5, 5.41) is 7.91. The van der Waals surface area contributed by atoms with Crippen LogP contribution in [-0.2, 0) is 13.1 Å². The maximum absolute atomic E-state index is 5.49. The predicted molar refractivity (Wildman–Crippen MR) is 65.6 cm³/mol. The van der Waals surface area contributed by atoms with Crippen LogP contribution in [0, 0.1) is 6.92 Å². The Labute approximate surface area is 103 Å². The van der Waals surface area contributed by atoms with Crippen LogP contribution in [0.5, 0.6) is 0 Å². The highest BCUT2D eigenvalue weighted by Crippen LogP contribution is 2.10. The third-order valence-electron chi connectivity index (χ3n) is 2.64. The first kappa shape index (κ1) is 10.8. The van der Waals surface area contributed by atoms with Crippen LogP contribution < -0.4 is 5.73 Å². The zero-order chi connectivity index (χ0) is 12.5. The lowest BCUT2D eigenvalue weighted by Crippen LogP contribution is -2.02. The van der Waals surface area contributed by atoms with Crippen molar-refractivity contribution >= 4 is 11.2 Å². The summed E-state index contributed by atoms with van der Waals surface area (Å²) in [6, 6.07) is 3.92. The number of H-pyrrole nitrogens is 1. The van der Waals surface area contributed by atoms with E-state index in [-0.39, 0.29) is 0 Å². The molecule has 3 heterocycles. The summed E-state index contributed by atoms with van der Waals surface area (Å²) in [5.74, 6) is 0.802. The molecule has 0 fully saturated rings. The molecule has 92 valence electrons. The number of hydrogen-bond acceptors (Lipinski definition) is 5. The fraction of sp³-hybridized carbons (Fsp3) is 0.273. The van der Waals surface area contributed by atoms with Crippen LogP contribution in [0.2, 0.25) is 0 Å². The molecule has 0 amide bonds. The average molecular weight is 243 g/mol. The maximum Gasteiger partial charge on any atom is 0.178 e. The van der Waals surface area contributed by atoms with Crippen molar-refractivity contribution in [1.29, 1.82) is 0 Å². The molecule has 0 radical (unpaired) electrons. The van der Waals surface area contributed by atoms with Crippen molar-refractivity contribution in [3.63, 3.8) is 0 Å². The molecule has 0 unspecified atom stereocenters. The summed E-state index contributed by atoms with van der Waals surface area (Å²) >= 11 is 0. The smallest absolute Gasteiger partial charge is 0.178 e. The highest BCUT2D eigenvalue weighted by Gasteiger charge is 2.06. The Balaban J connectivity index is 1.90. The summed E-state index contributed by atoms with van der Waals surface area (Å²) in [6.45, 7) is 2.86. The van der Waals surface area contributed by atoms with Crippen molar-refractivity contribution in [3.8, 4) is 0 Å². The van der Waals surface area contributed by atoms with Gasteiger partial charge in [-0.3, -0.25) is 0 Å². The van der Waals surface area contributed by atoms with Crippen molar-refractivity contribution in [2.45, 2.75) is 20.0 Å². The molecular weight excluding hydrogens is 230 g/mol. The summed E-state index contributed by atoms with van der Waals surface area (Å²) in [6.07, 6.45) is 1.81. The van der Waals surface area contributed by atoms with Gasteiger partial charge in [0.05, 0.1) is 17.4 Å². The molecule has 0 aliphatic rings. The SMILES string of the molecule is Cc1ccc2[nH]c(Cn3cc(CN)nn3)nc2n1. The minimum atomic E-state index is 0.390. The molecule has 3 aromatic heterocycles. The number of rotatable bonds is 3. The first-order chi connectivity index (χ1) is 8.74. The summed E-state index contributed by atoms with van der Waals surface area (Å²) in [4.78, 5) is 12.0. The third kappa shape index (κ3) is 1.95. The van der Waals surface area contributed by atoms with Gasteiger partial charge in [0.25, 0.3) is 0 Å². The van der Waals surface area contributed by atoms with Crippen LogP contribution in [0.1, 0.15) is 17.2 Å². The number of nitrogens with one attached hydrogen (secondary N) is 1. The number of aromatic amines is 1. The topological polar surface area (TPSA) is 98.3 Å². The van der Waals surface area contributed by atoms with Crippen molar-refractivity contribution in [2.75, 3.05) is 0 Å². The van der Waals surface area contributed by atoms with Crippen LogP contribution in [0.4, 0.5) is 0 Å². The molecule has 3 aromatic rings. The van der Waals surface area contributed by atoms with Crippen molar-refractivity contribution in [2.24, 2.45) is 5.73 Å². The van der Waals surface area contributed by atoms with Gasteiger partial charge in [-0.25, -0.2) is 14.6 Å². The quantitative estimate of drug-likeness (QED) is 0.692. The predicted octanol–water partition coefficient (Wildman–Crippen LogP) is 0.365. The minimum absolute atomic E-state index is 0.390. The molecule has 7 heteroatoms. The number of nitrogens with two attached hydrogens (primary N) is 1. The Morgan fingerprint density at radius 1 is 1.33 bits per heavy atom. The third-order valence-corrected chi connectivity index (χ3v) is 2.64. The van der Waals surface area contributed by atoms with Crippen LogP contribution in [0.25, 0.3) is 11.2 Å². The van der Waals surface area contributed by atoms with Gasteiger partial charge in [-0.05, 0) is 19.1 Å². The van der Waals surface area contributed by atoms with Gasteiger partial charge >= 0.3 is 0 Å². The Kier molecular flexibility index (Phi) is 2.52. The van der Waals surface area contributed by atoms with E-state index in [0.29, 0.717) is 13.1 Å². The van der Waals surface area contributed by atoms with E-state index in [0.717, 1.165) is 28.4 Å². The van der Waals surface area contributed by atoms with E-state index in [1.165, 1.54) is 0 Å². The number of hydrogen-bond donors (Lipinski definition) is 2. The van der Waals surface area contributed by atoms with E-state index >= 15 is 0 Å². The molecule has 3 N–H and O–H groups in total. The molecule has 0 aromatic carbocycles. The maximum atomic E-state index is 5.49. The second kappa shape index (κ2) is 4.19. The standard InChI is InChI=1S/C11H13N7/c1-7-2-3-9-11(13-7)15-10(14-9)6-18-5-8(4-12)16-17-18/h2-3,5H,4,6,12H2,1H3,(H,13,14,15).